The van der Waals surface area contributed by atoms with Crippen LogP contribution in [0.1, 0.15) is 11.1 Å². The van der Waals surface area contributed by atoms with Gasteiger partial charge in [-0.05, 0) is 64.6 Å². The van der Waals surface area contributed by atoms with Gasteiger partial charge in [0, 0.05) is 20.8 Å². The molecule has 96 valence electrons. The van der Waals surface area contributed by atoms with Gasteiger partial charge >= 0.3 is 0 Å². The summed E-state index contributed by atoms with van der Waals surface area (Å²) >= 11 is 8.05. The highest BCUT2D eigenvalue weighted by Gasteiger charge is 2.03. The number of nitrogens with zero attached hydrogens (tertiary/aromatic N) is 1. The number of benzene rings is 2. The van der Waals surface area contributed by atoms with Crippen LogP contribution in [-0.4, -0.2) is 0 Å². The van der Waals surface area contributed by atoms with Crippen LogP contribution in [0.2, 0.25) is 5.02 Å². The summed E-state index contributed by atoms with van der Waals surface area (Å²) in [5, 5.41) is 12.7. The summed E-state index contributed by atoms with van der Waals surface area (Å²) in [5.41, 5.74) is 1.97. The van der Waals surface area contributed by atoms with Crippen molar-refractivity contribution in [3.05, 3.63) is 61.9 Å². The third kappa shape index (κ3) is 3.82. The van der Waals surface area contributed by atoms with Crippen LogP contribution in [-0.2, 0) is 6.54 Å². The monoisotopic (exact) mass is 386 g/mol. The van der Waals surface area contributed by atoms with Crippen molar-refractivity contribution in [2.75, 3.05) is 5.32 Å². The Morgan fingerprint density at radius 2 is 2.05 bits per heavy atom. The highest BCUT2D eigenvalue weighted by Crippen LogP contribution is 2.23. The summed E-state index contributed by atoms with van der Waals surface area (Å²) in [6.45, 7) is 0.448. The van der Waals surface area contributed by atoms with Gasteiger partial charge in [0.25, 0.3) is 0 Å². The Balaban J connectivity index is 2.14. The minimum atomic E-state index is -0.401. The standard InChI is InChI=1S/C14H9ClFIN2/c15-11-1-2-14(13(17)6-11)19-8-10-3-9(7-18)4-12(16)5-10/h1-6,19H,8H2. The van der Waals surface area contributed by atoms with Gasteiger partial charge in [-0.3, -0.25) is 0 Å². The van der Waals surface area contributed by atoms with Gasteiger partial charge in [-0.15, -0.1) is 0 Å². The van der Waals surface area contributed by atoms with Gasteiger partial charge in [0.15, 0.2) is 0 Å². The van der Waals surface area contributed by atoms with Crippen LogP contribution < -0.4 is 5.32 Å². The number of rotatable bonds is 3. The van der Waals surface area contributed by atoms with E-state index in [2.05, 4.69) is 27.9 Å². The summed E-state index contributed by atoms with van der Waals surface area (Å²) in [7, 11) is 0. The van der Waals surface area contributed by atoms with Gasteiger partial charge < -0.3 is 5.32 Å². The van der Waals surface area contributed by atoms with Crippen LogP contribution in [0.5, 0.6) is 0 Å². The van der Waals surface area contributed by atoms with E-state index in [1.54, 1.807) is 12.1 Å². The average Bonchev–Trinajstić information content (AvgIpc) is 2.37. The van der Waals surface area contributed by atoms with Crippen LogP contribution in [0.15, 0.2) is 36.4 Å². The smallest absolute Gasteiger partial charge is 0.124 e. The molecule has 0 bridgehead atoms. The van der Waals surface area contributed by atoms with E-state index in [4.69, 9.17) is 16.9 Å². The molecule has 0 aliphatic heterocycles. The highest BCUT2D eigenvalue weighted by molar-refractivity contribution is 14.1. The van der Waals surface area contributed by atoms with E-state index in [-0.39, 0.29) is 0 Å². The second-order valence-corrected chi connectivity index (χ2v) is 5.54. The van der Waals surface area contributed by atoms with Gasteiger partial charge in [0.1, 0.15) is 5.82 Å². The molecule has 2 aromatic carbocycles. The molecule has 0 aromatic heterocycles. The zero-order valence-corrected chi connectivity index (χ0v) is 12.7. The molecule has 0 radical (unpaired) electrons. The van der Waals surface area contributed by atoms with Crippen molar-refractivity contribution in [2.24, 2.45) is 0 Å². The maximum Gasteiger partial charge on any atom is 0.124 e. The fourth-order valence-electron chi connectivity index (χ4n) is 1.65. The Labute approximate surface area is 129 Å². The zero-order chi connectivity index (χ0) is 13.8. The van der Waals surface area contributed by atoms with Crippen molar-refractivity contribution in [1.29, 1.82) is 5.26 Å². The van der Waals surface area contributed by atoms with Crippen molar-refractivity contribution in [1.82, 2.24) is 0 Å². The topological polar surface area (TPSA) is 35.8 Å². The van der Waals surface area contributed by atoms with Crippen LogP contribution >= 0.6 is 34.2 Å². The van der Waals surface area contributed by atoms with Gasteiger partial charge in [-0.25, -0.2) is 4.39 Å². The second kappa shape index (κ2) is 6.22. The summed E-state index contributed by atoms with van der Waals surface area (Å²) in [4.78, 5) is 0. The van der Waals surface area contributed by atoms with Crippen molar-refractivity contribution < 1.29 is 4.39 Å². The van der Waals surface area contributed by atoms with Crippen LogP contribution in [0.4, 0.5) is 10.1 Å². The first-order chi connectivity index (χ1) is 9.08. The molecule has 1 N–H and O–H groups in total. The average molecular weight is 387 g/mol. The fraction of sp³-hybridized carbons (Fsp3) is 0.0714. The molecule has 0 unspecified atom stereocenters. The van der Waals surface area contributed by atoms with Gasteiger partial charge in [-0.2, -0.15) is 5.26 Å². The fourth-order valence-corrected chi connectivity index (χ4v) is 2.71. The van der Waals surface area contributed by atoms with Gasteiger partial charge in [0.05, 0.1) is 11.6 Å². The molecule has 2 nitrogen and oxygen atoms in total. The Bertz CT molecular complexity index is 652. The summed E-state index contributed by atoms with van der Waals surface area (Å²) in [6.07, 6.45) is 0. The number of halogens is 3. The third-order valence-corrected chi connectivity index (χ3v) is 3.63. The maximum atomic E-state index is 13.3. The lowest BCUT2D eigenvalue weighted by Gasteiger charge is -2.09. The highest BCUT2D eigenvalue weighted by atomic mass is 127. The summed E-state index contributed by atoms with van der Waals surface area (Å²) in [5.74, 6) is -0.401. The lowest BCUT2D eigenvalue weighted by Crippen LogP contribution is -2.02. The molecule has 0 saturated heterocycles. The normalized spacial score (nSPS) is 10.0. The number of nitriles is 1. The molecule has 5 heteroatoms. The molecular weight excluding hydrogens is 378 g/mol. The lowest BCUT2D eigenvalue weighted by atomic mass is 10.1. The lowest BCUT2D eigenvalue weighted by molar-refractivity contribution is 0.625. The molecule has 0 heterocycles. The molecule has 0 spiro atoms. The Kier molecular flexibility index (Phi) is 4.61. The van der Waals surface area contributed by atoms with Gasteiger partial charge in [0.2, 0.25) is 0 Å². The first-order valence-electron chi connectivity index (χ1n) is 5.47. The zero-order valence-electron chi connectivity index (χ0n) is 9.75. The van der Waals surface area contributed by atoms with E-state index < -0.39 is 5.82 Å². The van der Waals surface area contributed by atoms with Crippen molar-refractivity contribution in [3.8, 4) is 6.07 Å². The quantitative estimate of drug-likeness (QED) is 0.785. The van der Waals surface area contributed by atoms with E-state index in [0.29, 0.717) is 17.1 Å². The minimum absolute atomic E-state index is 0.322. The molecule has 19 heavy (non-hydrogen) atoms. The Hall–Kier alpha value is -1.32. The van der Waals surface area contributed by atoms with Crippen molar-refractivity contribution in [2.45, 2.75) is 6.54 Å². The summed E-state index contributed by atoms with van der Waals surface area (Å²) in [6, 6.07) is 11.7. The van der Waals surface area contributed by atoms with Crippen LogP contribution in [0, 0.1) is 20.7 Å². The third-order valence-electron chi connectivity index (χ3n) is 2.50. The first-order valence-corrected chi connectivity index (χ1v) is 6.92. The summed E-state index contributed by atoms with van der Waals surface area (Å²) < 4.78 is 14.3. The maximum absolute atomic E-state index is 13.3. The van der Waals surface area contributed by atoms with E-state index in [1.165, 1.54) is 12.1 Å². The van der Waals surface area contributed by atoms with Gasteiger partial charge in [-0.1, -0.05) is 11.6 Å². The Morgan fingerprint density at radius 3 is 2.74 bits per heavy atom. The minimum Gasteiger partial charge on any atom is -0.380 e. The van der Waals surface area contributed by atoms with Crippen molar-refractivity contribution in [3.63, 3.8) is 0 Å². The molecule has 0 atom stereocenters. The molecule has 0 aliphatic rings. The molecule has 2 aromatic rings. The number of hydrogen-bond donors (Lipinski definition) is 1. The number of nitrogens with one attached hydrogen (secondary N) is 1. The Morgan fingerprint density at radius 1 is 1.26 bits per heavy atom. The van der Waals surface area contributed by atoms with Crippen LogP contribution in [0.25, 0.3) is 0 Å². The molecule has 0 saturated carbocycles. The second-order valence-electron chi connectivity index (χ2n) is 3.94. The van der Waals surface area contributed by atoms with E-state index in [0.717, 1.165) is 14.8 Å². The van der Waals surface area contributed by atoms with E-state index in [1.807, 2.05) is 18.2 Å². The SMILES string of the molecule is N#Cc1cc(F)cc(CNc2ccc(Cl)cc2I)c1. The first kappa shape index (κ1) is 14.1. The predicted molar refractivity (Wildman–Crippen MR) is 82.6 cm³/mol. The molecular formula is C14H9ClFIN2. The number of anilines is 1. The number of hydrogen-bond acceptors (Lipinski definition) is 2. The molecule has 0 amide bonds. The van der Waals surface area contributed by atoms with E-state index in [9.17, 15) is 4.39 Å². The molecule has 2 rings (SSSR count). The molecule has 0 fully saturated rings. The van der Waals surface area contributed by atoms with Crippen LogP contribution in [0.3, 0.4) is 0 Å². The van der Waals surface area contributed by atoms with Crippen molar-refractivity contribution >= 4 is 39.9 Å². The predicted octanol–water partition coefficient (Wildman–Crippen LogP) is 4.57. The molecule has 0 aliphatic carbocycles. The van der Waals surface area contributed by atoms with E-state index >= 15 is 0 Å². The largest absolute Gasteiger partial charge is 0.380 e.